The molecule has 6 atom stereocenters. The highest BCUT2D eigenvalue weighted by Crippen LogP contribution is 2.22. The summed E-state index contributed by atoms with van der Waals surface area (Å²) in [6.45, 7) is 0.459. The van der Waals surface area contributed by atoms with Gasteiger partial charge in [0, 0.05) is 13.0 Å². The molecule has 0 aliphatic carbocycles. The Labute approximate surface area is 153 Å². The molecule has 26 heavy (non-hydrogen) atoms. The number of aldehydes is 1. The van der Waals surface area contributed by atoms with Gasteiger partial charge in [-0.15, -0.1) is 0 Å². The molecule has 1 saturated heterocycles. The molecule has 9 nitrogen and oxygen atoms in total. The molecule has 1 aliphatic rings. The lowest BCUT2D eigenvalue weighted by Crippen LogP contribution is -2.59. The van der Waals surface area contributed by atoms with E-state index >= 15 is 0 Å². The van der Waals surface area contributed by atoms with E-state index in [1.807, 2.05) is 0 Å². The van der Waals surface area contributed by atoms with Gasteiger partial charge in [-0.1, -0.05) is 6.42 Å². The zero-order valence-electron chi connectivity index (χ0n) is 15.1. The molecule has 1 heterocycles. The molecule has 1 rings (SSSR count). The van der Waals surface area contributed by atoms with Crippen LogP contribution in [0.5, 0.6) is 0 Å². The normalized spacial score (nSPS) is 30.3. The topological polar surface area (TPSA) is 149 Å². The lowest BCUT2D eigenvalue weighted by Gasteiger charge is -2.39. The first kappa shape index (κ1) is 23.4. The highest BCUT2D eigenvalue weighted by atomic mass is 16.7. The lowest BCUT2D eigenvalue weighted by molar-refractivity contribution is -0.301. The number of ether oxygens (including phenoxy) is 2. The Morgan fingerprint density at radius 3 is 2.50 bits per heavy atom. The zero-order chi connectivity index (χ0) is 19.4. The fraction of sp³-hybridized carbons (Fsp3) is 0.941. The van der Waals surface area contributed by atoms with E-state index in [1.165, 1.54) is 0 Å². The molecule has 0 saturated carbocycles. The molecule has 0 bridgehead atoms. The number of carbonyl (C=O) groups excluding carboxylic acids is 1. The second-order valence-electron chi connectivity index (χ2n) is 6.55. The fourth-order valence-electron chi connectivity index (χ4n) is 2.74. The Morgan fingerprint density at radius 2 is 1.81 bits per heavy atom. The third-order valence-corrected chi connectivity index (χ3v) is 4.38. The predicted molar refractivity (Wildman–Crippen MR) is 92.1 cm³/mol. The summed E-state index contributed by atoms with van der Waals surface area (Å²) in [7, 11) is 0. The maximum absolute atomic E-state index is 10.2. The van der Waals surface area contributed by atoms with Crippen molar-refractivity contribution in [2.24, 2.45) is 0 Å². The Bertz CT molecular complexity index is 371. The van der Waals surface area contributed by atoms with Gasteiger partial charge in [-0.25, -0.2) is 0 Å². The van der Waals surface area contributed by atoms with Crippen LogP contribution in [0.3, 0.4) is 0 Å². The van der Waals surface area contributed by atoms with Crippen LogP contribution >= 0.6 is 0 Å². The minimum absolute atomic E-state index is 0.251. The fourth-order valence-corrected chi connectivity index (χ4v) is 2.74. The second kappa shape index (κ2) is 13.5. The van der Waals surface area contributed by atoms with Gasteiger partial charge in [-0.05, 0) is 38.6 Å². The number of hydrogen-bond acceptors (Lipinski definition) is 9. The van der Waals surface area contributed by atoms with Crippen LogP contribution in [0.1, 0.15) is 44.9 Å². The zero-order valence-corrected chi connectivity index (χ0v) is 15.1. The van der Waals surface area contributed by atoms with Crippen LogP contribution < -0.4 is 5.32 Å². The minimum atomic E-state index is -1.44. The van der Waals surface area contributed by atoms with Gasteiger partial charge in [0.25, 0.3) is 0 Å². The van der Waals surface area contributed by atoms with E-state index in [2.05, 4.69) is 5.32 Å². The molecule has 1 aliphatic heterocycles. The third kappa shape index (κ3) is 8.36. The summed E-state index contributed by atoms with van der Waals surface area (Å²) >= 11 is 0. The van der Waals surface area contributed by atoms with Gasteiger partial charge in [0.1, 0.15) is 36.9 Å². The minimum Gasteiger partial charge on any atom is -0.394 e. The van der Waals surface area contributed by atoms with Crippen LogP contribution in [-0.4, -0.2) is 88.5 Å². The van der Waals surface area contributed by atoms with Crippen molar-refractivity contribution in [1.82, 2.24) is 5.32 Å². The largest absolute Gasteiger partial charge is 0.394 e. The summed E-state index contributed by atoms with van der Waals surface area (Å²) in [5.41, 5.74) is 0. The first-order valence-electron chi connectivity index (χ1n) is 9.28. The number of unbranched alkanes of at least 4 members (excludes halogenated alkanes) is 4. The quantitative estimate of drug-likeness (QED) is 0.122. The molecule has 1 fully saturated rings. The summed E-state index contributed by atoms with van der Waals surface area (Å²) in [4.78, 5) is 10.2. The average Bonchev–Trinajstić information content (AvgIpc) is 2.64. The van der Waals surface area contributed by atoms with Crippen molar-refractivity contribution in [2.45, 2.75) is 81.9 Å². The first-order chi connectivity index (χ1) is 12.5. The molecule has 0 aromatic heterocycles. The summed E-state index contributed by atoms with van der Waals surface area (Å²) in [6, 6.07) is 0. The number of aliphatic hydroxyl groups excluding tert-OH is 5. The van der Waals surface area contributed by atoms with Gasteiger partial charge in [-0.3, -0.25) is 5.32 Å². The summed E-state index contributed by atoms with van der Waals surface area (Å²) < 4.78 is 10.6. The Kier molecular flexibility index (Phi) is 12.2. The lowest BCUT2D eigenvalue weighted by atomic mass is 9.99. The molecular weight excluding hydrogens is 346 g/mol. The van der Waals surface area contributed by atoms with Crippen LogP contribution in [-0.2, 0) is 14.3 Å². The SMILES string of the molecule is O=CCCCCCNC(O)CCCCOC1OC(CO)C(O)C(O)C1O. The van der Waals surface area contributed by atoms with E-state index < -0.39 is 43.5 Å². The monoisotopic (exact) mass is 379 g/mol. The van der Waals surface area contributed by atoms with Crippen molar-refractivity contribution in [3.8, 4) is 0 Å². The molecular formula is C17H33NO8. The van der Waals surface area contributed by atoms with Crippen LogP contribution in [0.15, 0.2) is 0 Å². The first-order valence-corrected chi connectivity index (χ1v) is 9.28. The number of hydrogen-bond donors (Lipinski definition) is 6. The number of carbonyl (C=O) groups is 1. The van der Waals surface area contributed by atoms with E-state index in [9.17, 15) is 25.2 Å². The van der Waals surface area contributed by atoms with Gasteiger partial charge in [-0.2, -0.15) is 0 Å². The number of rotatable bonds is 14. The van der Waals surface area contributed by atoms with Gasteiger partial charge in [0.15, 0.2) is 6.29 Å². The van der Waals surface area contributed by atoms with E-state index in [0.717, 1.165) is 25.5 Å². The van der Waals surface area contributed by atoms with Crippen molar-refractivity contribution < 1.29 is 39.8 Å². The Morgan fingerprint density at radius 1 is 1.04 bits per heavy atom. The smallest absolute Gasteiger partial charge is 0.186 e. The van der Waals surface area contributed by atoms with Gasteiger partial charge in [0.2, 0.25) is 0 Å². The maximum atomic E-state index is 10.2. The van der Waals surface area contributed by atoms with E-state index in [4.69, 9.17) is 14.6 Å². The van der Waals surface area contributed by atoms with Crippen molar-refractivity contribution in [3.05, 3.63) is 0 Å². The molecule has 6 N–H and O–H groups in total. The number of nitrogens with one attached hydrogen (secondary N) is 1. The van der Waals surface area contributed by atoms with Crippen molar-refractivity contribution >= 4 is 6.29 Å². The van der Waals surface area contributed by atoms with E-state index in [1.54, 1.807) is 0 Å². The number of aliphatic hydroxyl groups is 5. The van der Waals surface area contributed by atoms with Crippen LogP contribution in [0, 0.1) is 0 Å². The van der Waals surface area contributed by atoms with Gasteiger partial charge < -0.3 is 39.8 Å². The Hall–Kier alpha value is -0.650. The molecule has 0 spiro atoms. The Balaban J connectivity index is 2.08. The molecule has 0 aromatic carbocycles. The summed E-state index contributed by atoms with van der Waals surface area (Å²) in [5.74, 6) is 0. The van der Waals surface area contributed by atoms with E-state index in [-0.39, 0.29) is 6.61 Å². The standard InChI is InChI=1S/C17H33NO8/c19-9-5-2-1-4-8-18-13(21)7-3-6-10-25-17-16(24)15(23)14(22)12(11-20)26-17/h9,12-18,20-24H,1-8,10-11H2. The van der Waals surface area contributed by atoms with Gasteiger partial charge in [0.05, 0.1) is 6.61 Å². The van der Waals surface area contributed by atoms with Crippen molar-refractivity contribution in [1.29, 1.82) is 0 Å². The second-order valence-corrected chi connectivity index (χ2v) is 6.55. The van der Waals surface area contributed by atoms with Crippen molar-refractivity contribution in [2.75, 3.05) is 19.8 Å². The highest BCUT2D eigenvalue weighted by molar-refractivity contribution is 5.48. The van der Waals surface area contributed by atoms with E-state index in [0.29, 0.717) is 32.2 Å². The van der Waals surface area contributed by atoms with Gasteiger partial charge >= 0.3 is 0 Å². The molecule has 154 valence electrons. The predicted octanol–water partition coefficient (Wildman–Crippen LogP) is -1.36. The molecule has 0 aromatic rings. The van der Waals surface area contributed by atoms with Crippen LogP contribution in [0.25, 0.3) is 0 Å². The molecule has 9 heteroatoms. The maximum Gasteiger partial charge on any atom is 0.186 e. The van der Waals surface area contributed by atoms with Crippen molar-refractivity contribution in [3.63, 3.8) is 0 Å². The van der Waals surface area contributed by atoms with Crippen LogP contribution in [0.2, 0.25) is 0 Å². The molecule has 0 radical (unpaired) electrons. The third-order valence-electron chi connectivity index (χ3n) is 4.38. The summed E-state index contributed by atoms with van der Waals surface area (Å²) in [6.07, 6.45) is -0.837. The summed E-state index contributed by atoms with van der Waals surface area (Å²) in [5, 5.41) is 51.1. The molecule has 0 amide bonds. The highest BCUT2D eigenvalue weighted by Gasteiger charge is 2.43. The van der Waals surface area contributed by atoms with Crippen LogP contribution in [0.4, 0.5) is 0 Å². The molecule has 6 unspecified atom stereocenters. The average molecular weight is 379 g/mol.